The molecule has 0 spiro atoms. The van der Waals surface area contributed by atoms with Crippen molar-refractivity contribution in [2.45, 2.75) is 5.92 Å². The van der Waals surface area contributed by atoms with Gasteiger partial charge >= 0.3 is 0 Å². The molecule has 0 radical (unpaired) electrons. The van der Waals surface area contributed by atoms with Crippen LogP contribution in [0.15, 0.2) is 12.4 Å². The maximum atomic E-state index is 8.50. The van der Waals surface area contributed by atoms with Gasteiger partial charge in [0, 0.05) is 19.4 Å². The summed E-state index contributed by atoms with van der Waals surface area (Å²) in [6.45, 7) is 0. The molecule has 0 N–H and O–H groups in total. The number of rotatable bonds is 1. The van der Waals surface area contributed by atoms with Crippen molar-refractivity contribution in [2.24, 2.45) is 7.05 Å². The average Bonchev–Trinajstić information content (AvgIpc) is 2.40. The van der Waals surface area contributed by atoms with Crippen LogP contribution in [0.1, 0.15) is 11.7 Å². The van der Waals surface area contributed by atoms with E-state index in [4.69, 9.17) is 10.5 Å². The first kappa shape index (κ1) is 7.30. The highest BCUT2D eigenvalue weighted by atomic mass is 15.0. The summed E-state index contributed by atoms with van der Waals surface area (Å²) in [6, 6.07) is 3.70. The molecule has 11 heavy (non-hydrogen) atoms. The lowest BCUT2D eigenvalue weighted by Gasteiger charge is -1.98. The third-order valence-corrected chi connectivity index (χ3v) is 1.37. The third kappa shape index (κ3) is 1.20. The molecule has 0 saturated heterocycles. The van der Waals surface area contributed by atoms with Crippen molar-refractivity contribution in [2.75, 3.05) is 0 Å². The van der Waals surface area contributed by atoms with Crippen LogP contribution >= 0.6 is 0 Å². The lowest BCUT2D eigenvalue weighted by atomic mass is 10.2. The Bertz CT molecular complexity index is 311. The monoisotopic (exact) mass is 146 g/mol. The Hall–Kier alpha value is -1.81. The van der Waals surface area contributed by atoms with Gasteiger partial charge in [-0.2, -0.15) is 10.5 Å². The highest BCUT2D eigenvalue weighted by Crippen LogP contribution is 2.09. The number of nitriles is 2. The van der Waals surface area contributed by atoms with Crippen LogP contribution in [0.5, 0.6) is 0 Å². The molecule has 0 saturated carbocycles. The van der Waals surface area contributed by atoms with Crippen molar-refractivity contribution in [3.63, 3.8) is 0 Å². The van der Waals surface area contributed by atoms with Crippen molar-refractivity contribution in [1.29, 1.82) is 10.5 Å². The molecular formula is C7H6N4. The zero-order chi connectivity index (χ0) is 8.27. The number of imidazole rings is 1. The van der Waals surface area contributed by atoms with Gasteiger partial charge in [0.25, 0.3) is 0 Å². The summed E-state index contributed by atoms with van der Waals surface area (Å²) in [7, 11) is 1.75. The predicted molar refractivity (Wildman–Crippen MR) is 37.2 cm³/mol. The molecule has 0 atom stereocenters. The highest BCUT2D eigenvalue weighted by molar-refractivity contribution is 5.19. The van der Waals surface area contributed by atoms with Crippen LogP contribution < -0.4 is 0 Å². The molecule has 1 aromatic heterocycles. The molecule has 0 bridgehead atoms. The van der Waals surface area contributed by atoms with Crippen LogP contribution in [-0.4, -0.2) is 9.55 Å². The highest BCUT2D eigenvalue weighted by Gasteiger charge is 2.12. The molecule has 0 aliphatic heterocycles. The van der Waals surface area contributed by atoms with Crippen LogP contribution in [-0.2, 0) is 7.05 Å². The molecule has 0 amide bonds. The van der Waals surface area contributed by atoms with E-state index in [1.54, 1.807) is 24.0 Å². The molecule has 0 aliphatic carbocycles. The van der Waals surface area contributed by atoms with E-state index in [1.165, 1.54) is 0 Å². The molecule has 4 heteroatoms. The molecule has 1 aromatic rings. The minimum Gasteiger partial charge on any atom is -0.336 e. The largest absolute Gasteiger partial charge is 0.336 e. The van der Waals surface area contributed by atoms with Crippen LogP contribution in [0.25, 0.3) is 0 Å². The molecule has 0 unspecified atom stereocenters. The average molecular weight is 146 g/mol. The van der Waals surface area contributed by atoms with Gasteiger partial charge in [-0.3, -0.25) is 0 Å². The fourth-order valence-corrected chi connectivity index (χ4v) is 0.800. The van der Waals surface area contributed by atoms with E-state index in [0.717, 1.165) is 0 Å². The first-order chi connectivity index (χ1) is 5.29. The molecular weight excluding hydrogens is 140 g/mol. The topological polar surface area (TPSA) is 65.4 Å². The normalized spacial score (nSPS) is 9.09. The summed E-state index contributed by atoms with van der Waals surface area (Å²) in [5, 5.41) is 17.0. The second kappa shape index (κ2) is 2.85. The van der Waals surface area contributed by atoms with Gasteiger partial charge in [-0.1, -0.05) is 0 Å². The number of hydrogen-bond donors (Lipinski definition) is 0. The maximum absolute atomic E-state index is 8.50. The Morgan fingerprint density at radius 2 is 2.18 bits per heavy atom. The molecule has 1 heterocycles. The van der Waals surface area contributed by atoms with Gasteiger partial charge in [-0.05, 0) is 0 Å². The van der Waals surface area contributed by atoms with Gasteiger partial charge < -0.3 is 4.57 Å². The van der Waals surface area contributed by atoms with E-state index in [0.29, 0.717) is 5.82 Å². The van der Waals surface area contributed by atoms with E-state index in [2.05, 4.69) is 4.98 Å². The summed E-state index contributed by atoms with van der Waals surface area (Å²) < 4.78 is 1.66. The smallest absolute Gasteiger partial charge is 0.190 e. The van der Waals surface area contributed by atoms with Gasteiger partial charge in [0.05, 0.1) is 12.1 Å². The van der Waals surface area contributed by atoms with E-state index < -0.39 is 5.92 Å². The fourth-order valence-electron chi connectivity index (χ4n) is 0.800. The van der Waals surface area contributed by atoms with Crippen LogP contribution in [0.3, 0.4) is 0 Å². The molecule has 1 rings (SSSR count). The number of hydrogen-bond acceptors (Lipinski definition) is 3. The predicted octanol–water partition coefficient (Wildman–Crippen LogP) is 0.551. The minimum atomic E-state index is -0.755. The van der Waals surface area contributed by atoms with Gasteiger partial charge in [0.2, 0.25) is 0 Å². The lowest BCUT2D eigenvalue weighted by molar-refractivity contribution is 0.800. The third-order valence-electron chi connectivity index (χ3n) is 1.37. The summed E-state index contributed by atoms with van der Waals surface area (Å²) >= 11 is 0. The molecule has 54 valence electrons. The zero-order valence-electron chi connectivity index (χ0n) is 6.02. The summed E-state index contributed by atoms with van der Waals surface area (Å²) in [4.78, 5) is 3.88. The number of nitrogens with zero attached hydrogens (tertiary/aromatic N) is 4. The minimum absolute atomic E-state index is 0.495. The van der Waals surface area contributed by atoms with E-state index in [-0.39, 0.29) is 0 Å². The summed E-state index contributed by atoms with van der Waals surface area (Å²) in [5.41, 5.74) is 0. The lowest BCUT2D eigenvalue weighted by Crippen LogP contribution is -2.01. The Balaban J connectivity index is 3.04. The van der Waals surface area contributed by atoms with Crippen LogP contribution in [0.2, 0.25) is 0 Å². The van der Waals surface area contributed by atoms with Crippen molar-refractivity contribution in [3.05, 3.63) is 18.2 Å². The zero-order valence-corrected chi connectivity index (χ0v) is 6.02. The first-order valence-corrected chi connectivity index (χ1v) is 3.06. The van der Waals surface area contributed by atoms with Crippen LogP contribution in [0.4, 0.5) is 0 Å². The fraction of sp³-hybridized carbons (Fsp3) is 0.286. The van der Waals surface area contributed by atoms with Crippen LogP contribution in [0, 0.1) is 22.7 Å². The number of aromatic nitrogens is 2. The molecule has 0 aliphatic rings. The second-order valence-corrected chi connectivity index (χ2v) is 2.09. The molecule has 4 nitrogen and oxygen atoms in total. The first-order valence-electron chi connectivity index (χ1n) is 3.06. The van der Waals surface area contributed by atoms with E-state index >= 15 is 0 Å². The summed E-state index contributed by atoms with van der Waals surface area (Å²) in [5.74, 6) is -0.259. The molecule has 0 fully saturated rings. The van der Waals surface area contributed by atoms with Gasteiger partial charge in [0.15, 0.2) is 5.92 Å². The van der Waals surface area contributed by atoms with E-state index in [9.17, 15) is 0 Å². The van der Waals surface area contributed by atoms with Gasteiger partial charge in [-0.25, -0.2) is 4.98 Å². The van der Waals surface area contributed by atoms with Gasteiger partial charge in [0.1, 0.15) is 5.82 Å². The second-order valence-electron chi connectivity index (χ2n) is 2.09. The van der Waals surface area contributed by atoms with Crippen molar-refractivity contribution in [1.82, 2.24) is 9.55 Å². The quantitative estimate of drug-likeness (QED) is 0.581. The van der Waals surface area contributed by atoms with E-state index in [1.807, 2.05) is 12.1 Å². The Labute approximate surface area is 64.3 Å². The van der Waals surface area contributed by atoms with Crippen molar-refractivity contribution >= 4 is 0 Å². The SMILES string of the molecule is Cn1ccnc1C(C#N)C#N. The van der Waals surface area contributed by atoms with Gasteiger partial charge in [-0.15, -0.1) is 0 Å². The maximum Gasteiger partial charge on any atom is 0.190 e. The standard InChI is InChI=1S/C7H6N4/c1-11-3-2-10-7(11)6(4-8)5-9/h2-3,6H,1H3. The Morgan fingerprint density at radius 3 is 2.55 bits per heavy atom. The summed E-state index contributed by atoms with van der Waals surface area (Å²) in [6.07, 6.45) is 3.27. The van der Waals surface area contributed by atoms with Crippen molar-refractivity contribution < 1.29 is 0 Å². The number of aryl methyl sites for hydroxylation is 1. The Morgan fingerprint density at radius 1 is 1.55 bits per heavy atom. The van der Waals surface area contributed by atoms with Crippen molar-refractivity contribution in [3.8, 4) is 12.1 Å². The Kier molecular flexibility index (Phi) is 1.89. The molecule has 0 aromatic carbocycles.